The molecule has 2 saturated heterocycles. The van der Waals surface area contributed by atoms with E-state index in [0.29, 0.717) is 63.4 Å². The number of piperidine rings is 1. The summed E-state index contributed by atoms with van der Waals surface area (Å²) in [4.78, 5) is 84.0. The first-order chi connectivity index (χ1) is 32.1. The van der Waals surface area contributed by atoms with Crippen LogP contribution in [-0.4, -0.2) is 133 Å². The first kappa shape index (κ1) is 56.7. The normalized spacial score (nSPS) is 39.0. The van der Waals surface area contributed by atoms with Gasteiger partial charge in [0.15, 0.2) is 5.78 Å². The maximum absolute atomic E-state index is 14.5. The molecule has 0 aromatic heterocycles. The van der Waals surface area contributed by atoms with Gasteiger partial charge in [0.2, 0.25) is 11.7 Å². The highest BCUT2D eigenvalue weighted by Crippen LogP contribution is 2.38. The Morgan fingerprint density at radius 3 is 2.28 bits per heavy atom. The molecule has 3 aliphatic heterocycles. The van der Waals surface area contributed by atoms with Crippen molar-refractivity contribution >= 4 is 35.1 Å². The second-order valence-electron chi connectivity index (χ2n) is 20.3. The van der Waals surface area contributed by atoms with E-state index in [1.807, 2.05) is 58.1 Å². The Morgan fingerprint density at radius 1 is 0.897 bits per heavy atom. The van der Waals surface area contributed by atoms with Crippen molar-refractivity contribution in [2.45, 2.75) is 187 Å². The zero-order valence-corrected chi connectivity index (χ0v) is 42.6. The number of cyclic esters (lactones) is 1. The van der Waals surface area contributed by atoms with Crippen LogP contribution in [0.25, 0.3) is 0 Å². The highest BCUT2D eigenvalue weighted by atomic mass is 16.6. The zero-order valence-electron chi connectivity index (χ0n) is 42.6. The van der Waals surface area contributed by atoms with Gasteiger partial charge in [-0.2, -0.15) is 0 Å². The van der Waals surface area contributed by atoms with Crippen LogP contribution in [0.2, 0.25) is 0 Å². The van der Waals surface area contributed by atoms with Crippen LogP contribution in [-0.2, 0) is 52.5 Å². The zero-order chi connectivity index (χ0) is 50.5. The Morgan fingerprint density at radius 2 is 1.62 bits per heavy atom. The van der Waals surface area contributed by atoms with Gasteiger partial charge in [-0.1, -0.05) is 71.1 Å². The number of hydrogen-bond donors (Lipinski definition) is 3. The molecule has 2 amide bonds. The number of aliphatic hydroxyl groups excluding tert-OH is 1. The van der Waals surface area contributed by atoms with Gasteiger partial charge in [-0.15, -0.1) is 0 Å². The first-order valence-corrected chi connectivity index (χ1v) is 24.9. The predicted octanol–water partition coefficient (Wildman–Crippen LogP) is 6.32. The molecule has 3 N–H and O–H groups in total. The molecule has 15 atom stereocenters. The maximum atomic E-state index is 14.5. The van der Waals surface area contributed by atoms with Crippen LogP contribution in [0.3, 0.4) is 0 Å². The second-order valence-corrected chi connectivity index (χ2v) is 20.3. The van der Waals surface area contributed by atoms with Crippen LogP contribution < -0.4 is 5.32 Å². The fourth-order valence-corrected chi connectivity index (χ4v) is 10.6. The minimum atomic E-state index is -2.44. The summed E-state index contributed by atoms with van der Waals surface area (Å²) in [5.41, 5.74) is 1.26. The number of ether oxygens (including phenoxy) is 5. The Kier molecular flexibility index (Phi) is 22.0. The van der Waals surface area contributed by atoms with Gasteiger partial charge < -0.3 is 44.1 Å². The Labute approximate surface area is 404 Å². The largest absolute Gasteiger partial charge is 0.460 e. The number of hydrogen-bond acceptors (Lipinski definition) is 13. The third-order valence-corrected chi connectivity index (χ3v) is 14.9. The van der Waals surface area contributed by atoms with Gasteiger partial charge in [-0.05, 0) is 107 Å². The van der Waals surface area contributed by atoms with Crippen molar-refractivity contribution in [2.75, 3.05) is 27.9 Å². The van der Waals surface area contributed by atoms with Crippen LogP contribution in [0, 0.1) is 35.5 Å². The fraction of sp³-hybridized carbons (Fsp3) is 0.736. The fourth-order valence-electron chi connectivity index (χ4n) is 10.6. The summed E-state index contributed by atoms with van der Waals surface area (Å²) in [6.45, 7) is 14.2. The van der Waals surface area contributed by atoms with E-state index in [-0.39, 0.29) is 66.8 Å². The van der Waals surface area contributed by atoms with Crippen molar-refractivity contribution in [3.8, 4) is 0 Å². The summed E-state index contributed by atoms with van der Waals surface area (Å²) in [6, 6.07) is -1.29. The number of Topliss-reactive ketones (excluding diaryl/α,β-unsaturated/α-hetero) is 3. The van der Waals surface area contributed by atoms with Crippen LogP contribution >= 0.6 is 0 Å². The van der Waals surface area contributed by atoms with E-state index in [1.54, 1.807) is 41.1 Å². The monoisotopic (exact) mass is 955 g/mol. The third-order valence-electron chi connectivity index (χ3n) is 14.9. The predicted molar refractivity (Wildman–Crippen MR) is 257 cm³/mol. The van der Waals surface area contributed by atoms with E-state index >= 15 is 0 Å². The van der Waals surface area contributed by atoms with E-state index in [0.717, 1.165) is 12.0 Å². The molecule has 0 spiro atoms. The molecule has 15 nitrogen and oxygen atoms in total. The third kappa shape index (κ3) is 15.1. The molecule has 68 heavy (non-hydrogen) atoms. The molecule has 15 heteroatoms. The van der Waals surface area contributed by atoms with Crippen molar-refractivity contribution in [3.63, 3.8) is 0 Å². The van der Waals surface area contributed by atoms with E-state index in [2.05, 4.69) is 5.32 Å². The number of fused-ring (bicyclic) bond motifs is 3. The highest BCUT2D eigenvalue weighted by molar-refractivity contribution is 6.39. The number of amides is 2. The van der Waals surface area contributed by atoms with Gasteiger partial charge in [-0.3, -0.25) is 24.0 Å². The van der Waals surface area contributed by atoms with Gasteiger partial charge in [0.1, 0.15) is 30.1 Å². The summed E-state index contributed by atoms with van der Waals surface area (Å²) < 4.78 is 29.7. The molecule has 1 saturated carbocycles. The number of methoxy groups -OCH3 is 3. The Hall–Kier alpha value is -3.86. The molecule has 2 bridgehead atoms. The number of allylic oxidation sites excluding steroid dienone is 6. The summed E-state index contributed by atoms with van der Waals surface area (Å²) in [6.07, 6.45) is 12.0. The van der Waals surface area contributed by atoms with Crippen molar-refractivity contribution in [2.24, 2.45) is 35.5 Å². The highest BCUT2D eigenvalue weighted by Gasteiger charge is 2.53. The molecular formula is C53H82N2O13. The molecule has 3 heterocycles. The lowest BCUT2D eigenvalue weighted by atomic mass is 9.77. The van der Waals surface area contributed by atoms with E-state index in [4.69, 9.17) is 23.7 Å². The lowest BCUT2D eigenvalue weighted by Gasteiger charge is -2.42. The van der Waals surface area contributed by atoms with Gasteiger partial charge in [0.25, 0.3) is 11.7 Å². The molecule has 0 aromatic rings. The minimum Gasteiger partial charge on any atom is -0.460 e. The van der Waals surface area contributed by atoms with Gasteiger partial charge >= 0.3 is 5.97 Å². The average Bonchev–Trinajstić information content (AvgIpc) is 3.30. The number of nitrogens with one attached hydrogen (secondary N) is 1. The molecule has 3 fully saturated rings. The van der Waals surface area contributed by atoms with Gasteiger partial charge in [0.05, 0.1) is 24.4 Å². The number of esters is 1. The van der Waals surface area contributed by atoms with Gasteiger partial charge in [0, 0.05) is 65.4 Å². The lowest BCUT2D eigenvalue weighted by molar-refractivity contribution is -0.265. The topological polar surface area (TPSA) is 204 Å². The van der Waals surface area contributed by atoms with E-state index in [9.17, 15) is 39.0 Å². The van der Waals surface area contributed by atoms with E-state index in [1.165, 1.54) is 18.9 Å². The lowest BCUT2D eigenvalue weighted by Crippen LogP contribution is -2.61. The summed E-state index contributed by atoms with van der Waals surface area (Å²) in [7, 11) is 4.57. The molecule has 4 aliphatic rings. The number of aliphatic hydroxyl groups is 2. The standard InChI is InChI=1S/C53H82N2O13/c1-31-17-13-12-14-18-32(2)44(64-9)29-40-22-20-37(7)53(63,68-40)50(60)51(61)55-24-16-15-19-42(55)52(62)67-45(34(4)27-39-21-23-41(54-38(8)56)46(28-39)65-10)30-43(57)33(3)26-36(6)48(59)49(66-11)47(58)35(5)25-31/h12-14,17-18,26,31,33-35,37,39-42,44-46,48-49,59,63H,15-16,19-25,27-30H2,1-11H3,(H,54,56)/b14-12+,17-13+,32-18+,36-26+/t31-,33-,34-,35-,37-,39+,40+,41+,42+,44+,45+,46-,48-,49+,53-/m1/s1. The minimum absolute atomic E-state index is 0.0138. The van der Waals surface area contributed by atoms with Crippen molar-refractivity contribution in [1.29, 1.82) is 0 Å². The van der Waals surface area contributed by atoms with Crippen LogP contribution in [0.5, 0.6) is 0 Å². The number of carbonyl (C=O) groups excluding carboxylic acids is 6. The van der Waals surface area contributed by atoms with Crippen LogP contribution in [0.4, 0.5) is 0 Å². The molecule has 0 unspecified atom stereocenters. The molecule has 0 radical (unpaired) electrons. The second kappa shape index (κ2) is 26.4. The Balaban J connectivity index is 1.70. The number of carbonyl (C=O) groups is 6. The molecule has 4 rings (SSSR count). The quantitative estimate of drug-likeness (QED) is 0.145. The first-order valence-electron chi connectivity index (χ1n) is 24.9. The molecular weight excluding hydrogens is 873 g/mol. The summed E-state index contributed by atoms with van der Waals surface area (Å²) in [5, 5.41) is 26.4. The maximum Gasteiger partial charge on any atom is 0.329 e. The molecule has 0 aromatic carbocycles. The van der Waals surface area contributed by atoms with Crippen molar-refractivity contribution in [1.82, 2.24) is 10.2 Å². The number of ketones is 3. The number of rotatable bonds is 7. The van der Waals surface area contributed by atoms with Crippen molar-refractivity contribution in [3.05, 3.63) is 47.6 Å². The Bertz CT molecular complexity index is 1880. The van der Waals surface area contributed by atoms with E-state index < -0.39 is 77.8 Å². The van der Waals surface area contributed by atoms with Gasteiger partial charge in [-0.25, -0.2) is 4.79 Å². The summed E-state index contributed by atoms with van der Waals surface area (Å²) >= 11 is 0. The molecule has 1 aliphatic carbocycles. The average molecular weight is 955 g/mol. The van der Waals surface area contributed by atoms with Crippen molar-refractivity contribution < 1.29 is 62.7 Å². The smallest absolute Gasteiger partial charge is 0.329 e. The number of nitrogens with zero attached hydrogens (tertiary/aromatic N) is 1. The molecule has 382 valence electrons. The van der Waals surface area contributed by atoms with Crippen LogP contribution in [0.15, 0.2) is 47.6 Å². The summed E-state index contributed by atoms with van der Waals surface area (Å²) in [5.74, 6) is -8.17. The SMILES string of the molecule is CO[C@H]1C[C@@H]2CC[C@@H](C)[C@@](O)(O2)C(=O)C(=O)N2CCCC[C@H]2C(=O)O[C@H]([C@H](C)C[C@@H]2CC[C@H](NC(C)=O)[C@H](OC)C2)CC(=O)[C@H](C)/C=C(\C)[C@@H](O)[C@@H](OC)C(=O)[C@H](C)C[C@H](C)/C=C/C=C/C=C/1C. The van der Waals surface area contributed by atoms with Crippen LogP contribution in [0.1, 0.15) is 132 Å².